The molecule has 0 saturated carbocycles. The van der Waals surface area contributed by atoms with Crippen molar-refractivity contribution in [3.05, 3.63) is 68.9 Å². The predicted molar refractivity (Wildman–Crippen MR) is 242 cm³/mol. The van der Waals surface area contributed by atoms with E-state index >= 15 is 0 Å². The van der Waals surface area contributed by atoms with Crippen LogP contribution in [0.25, 0.3) is 0 Å². The number of aliphatic imine (C=N–C) groups is 4. The molecule has 0 N–H and O–H groups in total. The Kier molecular flexibility index (Phi) is 13.8. The van der Waals surface area contributed by atoms with Crippen molar-refractivity contribution in [3.63, 3.8) is 0 Å². The van der Waals surface area contributed by atoms with Crippen LogP contribution in [0.15, 0.2) is 88.9 Å². The van der Waals surface area contributed by atoms with Crippen molar-refractivity contribution in [1.29, 1.82) is 0 Å². The van der Waals surface area contributed by atoms with Crippen LogP contribution in [-0.2, 0) is 76.3 Å². The number of ether oxygens (including phenoxy) is 8. The highest BCUT2D eigenvalue weighted by Gasteiger charge is 2.69. The number of carbonyl (C=O) groups is 8. The van der Waals surface area contributed by atoms with Crippen LogP contribution < -0.4 is 0 Å². The number of hydrogen-bond acceptors (Lipinski definition) is 20. The van der Waals surface area contributed by atoms with Gasteiger partial charge in [-0.3, -0.25) is 48.3 Å². The van der Waals surface area contributed by atoms with E-state index in [9.17, 15) is 38.4 Å². The SMILES string of the molecule is COC(=O)CCC1=C(CC(=O)OC)C2=NC1=CC1=NC(=CC3=NC(=C(C)C4=NC(=C2)[C@]2(CCC(=O)OC)OC(=O)C[C@]42C)[C@]2(CCC(=O)OC)OC(=O)C[C@]32C)C(CC(=O)OC)=C1CCC(=O)OC. The average molecular weight is 955 g/mol. The molecule has 2 fully saturated rings. The number of esters is 8. The standard InChI is InChI=1S/C49H54N4O16/c1-25-44-47(3)24-43(61)68-48(47,16-14-38(56)64-6)35(53-44)22-33-29(19-41(59)67-9)27(11-13-37(55)63-5)31(51-33)20-30-26(10-12-36(54)62-4)28(18-40(58)66-8)32(50-30)21-34-46(2)23-42(60)69-49(46,45(25)52-34)17-15-39(57)65-7/h20-22H,10-19,23-24H2,1-9H3/t46-,47-,48+,49+/m1/s1. The van der Waals surface area contributed by atoms with Crippen molar-refractivity contribution in [3.8, 4) is 0 Å². The van der Waals surface area contributed by atoms with Gasteiger partial charge in [0, 0.05) is 38.5 Å². The second kappa shape index (κ2) is 19.1. The maximum atomic E-state index is 13.9. The number of methoxy groups -OCH3 is 6. The fourth-order valence-electron chi connectivity index (χ4n) is 10.5. The zero-order chi connectivity index (χ0) is 50.2. The molecule has 0 radical (unpaired) electrons. The summed E-state index contributed by atoms with van der Waals surface area (Å²) in [5.41, 5.74) is -2.19. The summed E-state index contributed by atoms with van der Waals surface area (Å²) in [6, 6.07) is 0. The summed E-state index contributed by atoms with van der Waals surface area (Å²) in [4.78, 5) is 126. The molecule has 0 unspecified atom stereocenters. The minimum absolute atomic E-state index is 0.00393. The van der Waals surface area contributed by atoms with Gasteiger partial charge in [0.1, 0.15) is 0 Å². The van der Waals surface area contributed by atoms with E-state index in [1.54, 1.807) is 39.0 Å². The monoisotopic (exact) mass is 954 g/mol. The lowest BCUT2D eigenvalue weighted by Gasteiger charge is -2.38. The van der Waals surface area contributed by atoms with Crippen LogP contribution >= 0.6 is 0 Å². The molecule has 8 bridgehead atoms. The molecule has 7 rings (SSSR count). The molecule has 0 aromatic carbocycles. The van der Waals surface area contributed by atoms with Gasteiger partial charge >= 0.3 is 47.8 Å². The zero-order valence-electron chi connectivity index (χ0n) is 40.0. The maximum Gasteiger partial charge on any atom is 0.310 e. The Bertz CT molecular complexity index is 2690. The normalized spacial score (nSPS) is 26.4. The zero-order valence-corrected chi connectivity index (χ0v) is 40.0. The summed E-state index contributed by atoms with van der Waals surface area (Å²) in [5.74, 6) is -4.79. The fourth-order valence-corrected chi connectivity index (χ4v) is 10.5. The molecule has 7 heterocycles. The summed E-state index contributed by atoms with van der Waals surface area (Å²) in [6.45, 7) is 5.27. The van der Waals surface area contributed by atoms with Crippen LogP contribution in [0.3, 0.4) is 0 Å². The Morgan fingerprint density at radius 3 is 1.57 bits per heavy atom. The lowest BCUT2D eigenvalue weighted by atomic mass is 9.64. The maximum absolute atomic E-state index is 13.9. The molecule has 0 aliphatic carbocycles. The van der Waals surface area contributed by atoms with E-state index in [1.165, 1.54) is 42.7 Å². The smallest absolute Gasteiger partial charge is 0.310 e. The van der Waals surface area contributed by atoms with Gasteiger partial charge in [-0.2, -0.15) is 0 Å². The van der Waals surface area contributed by atoms with Gasteiger partial charge in [-0.25, -0.2) is 9.98 Å². The van der Waals surface area contributed by atoms with E-state index in [2.05, 4.69) is 0 Å². The molecular weight excluding hydrogens is 901 g/mol. The first-order valence-electron chi connectivity index (χ1n) is 22.3. The van der Waals surface area contributed by atoms with Gasteiger partial charge in [0.05, 0.1) is 125 Å². The molecule has 7 aliphatic rings. The van der Waals surface area contributed by atoms with Gasteiger partial charge in [-0.05, 0) is 79.7 Å². The molecule has 0 aromatic heterocycles. The highest BCUT2D eigenvalue weighted by Crippen LogP contribution is 2.62. The molecule has 7 aliphatic heterocycles. The summed E-state index contributed by atoms with van der Waals surface area (Å²) >= 11 is 0. The molecule has 20 heteroatoms. The van der Waals surface area contributed by atoms with Crippen molar-refractivity contribution >= 4 is 70.6 Å². The van der Waals surface area contributed by atoms with E-state index in [0.29, 0.717) is 33.6 Å². The number of nitrogens with zero attached hydrogens (tertiary/aromatic N) is 4. The molecule has 4 atom stereocenters. The topological polar surface area (TPSA) is 260 Å². The van der Waals surface area contributed by atoms with Gasteiger partial charge in [0.15, 0.2) is 11.2 Å². The van der Waals surface area contributed by atoms with Gasteiger partial charge in [0.2, 0.25) is 0 Å². The quantitative estimate of drug-likeness (QED) is 0.150. The third-order valence-corrected chi connectivity index (χ3v) is 14.2. The van der Waals surface area contributed by atoms with E-state index in [1.807, 2.05) is 0 Å². The number of fused-ring (bicyclic) bond motifs is 10. The first-order valence-corrected chi connectivity index (χ1v) is 22.3. The molecule has 20 nitrogen and oxygen atoms in total. The van der Waals surface area contributed by atoms with E-state index < -0.39 is 69.8 Å². The van der Waals surface area contributed by atoms with E-state index in [-0.39, 0.29) is 117 Å². The Hall–Kier alpha value is -7.12. The molecule has 69 heavy (non-hydrogen) atoms. The predicted octanol–water partition coefficient (Wildman–Crippen LogP) is 4.66. The third-order valence-electron chi connectivity index (χ3n) is 14.2. The fraction of sp³-hybridized carbons (Fsp3) is 0.510. The highest BCUT2D eigenvalue weighted by atomic mass is 16.6. The number of carbonyl (C=O) groups excluding carboxylic acids is 8. The van der Waals surface area contributed by atoms with Gasteiger partial charge in [0.25, 0.3) is 0 Å². The summed E-state index contributed by atoms with van der Waals surface area (Å²) in [5, 5.41) is 0. The molecular formula is C49H54N4O16. The van der Waals surface area contributed by atoms with Gasteiger partial charge in [-0.15, -0.1) is 0 Å². The first kappa shape index (κ1) is 49.8. The van der Waals surface area contributed by atoms with Crippen molar-refractivity contribution in [2.45, 2.75) is 109 Å². The minimum Gasteiger partial charge on any atom is -0.469 e. The number of hydrogen-bond donors (Lipinski definition) is 0. The van der Waals surface area contributed by atoms with Gasteiger partial charge < -0.3 is 37.9 Å². The number of rotatable bonds is 16. The number of allylic oxidation sites excluding steroid dienone is 7. The van der Waals surface area contributed by atoms with Crippen LogP contribution in [-0.4, -0.2) is 124 Å². The highest BCUT2D eigenvalue weighted by molar-refractivity contribution is 6.20. The Morgan fingerprint density at radius 2 is 1.00 bits per heavy atom. The van der Waals surface area contributed by atoms with E-state index in [4.69, 9.17) is 57.9 Å². The van der Waals surface area contributed by atoms with Crippen molar-refractivity contribution < 1.29 is 76.3 Å². The molecule has 2 saturated heterocycles. The van der Waals surface area contributed by atoms with Gasteiger partial charge in [-0.1, -0.05) is 0 Å². The van der Waals surface area contributed by atoms with Crippen LogP contribution in [0.2, 0.25) is 0 Å². The third kappa shape index (κ3) is 8.58. The molecule has 366 valence electrons. The molecule has 0 aromatic rings. The van der Waals surface area contributed by atoms with Crippen molar-refractivity contribution in [1.82, 2.24) is 0 Å². The first-order chi connectivity index (χ1) is 32.8. The largest absolute Gasteiger partial charge is 0.469 e. The second-order valence-electron chi connectivity index (χ2n) is 17.9. The summed E-state index contributed by atoms with van der Waals surface area (Å²) in [7, 11) is 7.42. The van der Waals surface area contributed by atoms with Crippen LogP contribution in [0.1, 0.15) is 97.8 Å². The van der Waals surface area contributed by atoms with Crippen LogP contribution in [0, 0.1) is 10.8 Å². The Balaban J connectivity index is 1.63. The molecule has 0 amide bonds. The Morgan fingerprint density at radius 1 is 0.536 bits per heavy atom. The van der Waals surface area contributed by atoms with Crippen LogP contribution in [0.5, 0.6) is 0 Å². The molecule has 0 spiro atoms. The van der Waals surface area contributed by atoms with Crippen molar-refractivity contribution in [2.24, 2.45) is 30.8 Å². The lowest BCUT2D eigenvalue weighted by molar-refractivity contribution is -0.151. The summed E-state index contributed by atoms with van der Waals surface area (Å²) < 4.78 is 43.1. The van der Waals surface area contributed by atoms with E-state index in [0.717, 1.165) is 0 Å². The average Bonchev–Trinajstić information content (AvgIpc) is 4.08. The van der Waals surface area contributed by atoms with Crippen LogP contribution in [0.4, 0.5) is 0 Å². The second-order valence-corrected chi connectivity index (χ2v) is 17.9. The van der Waals surface area contributed by atoms with Crippen molar-refractivity contribution in [2.75, 3.05) is 42.7 Å². The summed E-state index contributed by atoms with van der Waals surface area (Å²) in [6.07, 6.45) is 2.83. The minimum atomic E-state index is -1.65. The Labute approximate surface area is 397 Å². The lowest BCUT2D eigenvalue weighted by Crippen LogP contribution is -2.48.